The third-order valence-electron chi connectivity index (χ3n) is 28.3. The molecular weight excluding hydrogens is 1670 g/mol. The van der Waals surface area contributed by atoms with Gasteiger partial charge in [0.1, 0.15) is 0 Å². The van der Waals surface area contributed by atoms with Gasteiger partial charge in [-0.3, -0.25) is 0 Å². The molecule has 0 unspecified atom stereocenters. The summed E-state index contributed by atoms with van der Waals surface area (Å²) in [4.78, 5) is 40.0. The van der Waals surface area contributed by atoms with Crippen molar-refractivity contribution >= 4 is 79.0 Å². The number of hydrogen-bond donors (Lipinski definition) is 0. The predicted molar refractivity (Wildman–Crippen MR) is 586 cm³/mol. The van der Waals surface area contributed by atoms with Crippen molar-refractivity contribution in [1.29, 1.82) is 0 Å². The molecule has 3 aromatic heterocycles. The van der Waals surface area contributed by atoms with Gasteiger partial charge < -0.3 is 14.4 Å². The minimum Gasteiger partial charge on any atom is -0.310 e. The van der Waals surface area contributed by atoms with E-state index in [1.54, 1.807) is 0 Å². The van der Waals surface area contributed by atoms with Gasteiger partial charge in [0, 0.05) is 83.7 Å². The van der Waals surface area contributed by atoms with Gasteiger partial charge in [-0.1, -0.05) is 415 Å². The van der Waals surface area contributed by atoms with E-state index < -0.39 is 17.5 Å². The van der Waals surface area contributed by atoms with Gasteiger partial charge in [0.15, 0.2) is 34.9 Å². The molecule has 2 aliphatic heterocycles. The molecule has 9 nitrogen and oxygen atoms in total. The first-order valence-electron chi connectivity index (χ1n) is 49.2. The fourth-order valence-corrected chi connectivity index (χ4v) is 20.0. The molecule has 2 aliphatic rings. The number of rotatable bonds is 13. The van der Waals surface area contributed by atoms with E-state index in [0.717, 1.165) is 156 Å². The molecule has 0 saturated carbocycles. The summed E-state index contributed by atoms with van der Waals surface area (Å²) in [7, 11) is 0. The van der Waals surface area contributed by atoms with Crippen LogP contribution in [0.1, 0.15) is 211 Å². The number of hydrogen-bond acceptors (Lipinski definition) is 8. The molecule has 18 aromatic rings. The number of benzene rings is 15. The lowest BCUT2D eigenvalue weighted by Crippen LogP contribution is -2.61. The van der Waals surface area contributed by atoms with Crippen molar-refractivity contribution < 1.29 is 0 Å². The molecule has 0 saturated heterocycles. The van der Waals surface area contributed by atoms with E-state index in [1.807, 2.05) is 0 Å². The monoisotopic (exact) mass is 1800 g/mol. The Bertz CT molecular complexity index is 7540. The number of fused-ring (bicyclic) bond motifs is 7. The lowest BCUT2D eigenvalue weighted by Gasteiger charge is -2.46. The quantitative estimate of drug-likeness (QED) is 0.106. The van der Waals surface area contributed by atoms with Crippen molar-refractivity contribution in [1.82, 2.24) is 34.5 Å². The van der Waals surface area contributed by atoms with Gasteiger partial charge >= 0.3 is 0 Å². The summed E-state index contributed by atoms with van der Waals surface area (Å²) in [6, 6.07) is 123. The molecule has 0 fully saturated rings. The molecule has 0 atom stereocenters. The minimum absolute atomic E-state index is 0.132. The Labute approximate surface area is 817 Å². The largest absolute Gasteiger partial charge is 0.310 e. The summed E-state index contributed by atoms with van der Waals surface area (Å²) >= 11 is 0. The van der Waals surface area contributed by atoms with Crippen LogP contribution >= 0.6 is 0 Å². The van der Waals surface area contributed by atoms with Crippen LogP contribution in [0.5, 0.6) is 0 Å². The molecule has 138 heavy (non-hydrogen) atoms. The van der Waals surface area contributed by atoms with Crippen LogP contribution < -0.4 is 26.2 Å². The molecule has 0 N–H and O–H groups in total. The number of aromatic nitrogens is 7. The second kappa shape index (κ2) is 33.9. The first-order valence-corrected chi connectivity index (χ1v) is 49.2. The molecule has 20 rings (SSSR count). The third-order valence-corrected chi connectivity index (χ3v) is 28.3. The number of anilines is 6. The van der Waals surface area contributed by atoms with Crippen LogP contribution in [0.15, 0.2) is 328 Å². The van der Waals surface area contributed by atoms with Crippen molar-refractivity contribution in [3.8, 4) is 119 Å². The molecular formula is C128H126BN9. The predicted octanol–water partition coefficient (Wildman–Crippen LogP) is 32.3. The van der Waals surface area contributed by atoms with E-state index >= 15 is 0 Å². The summed E-state index contributed by atoms with van der Waals surface area (Å²) < 4.78 is 2.55. The van der Waals surface area contributed by atoms with E-state index in [2.05, 4.69) is 508 Å². The zero-order chi connectivity index (χ0) is 97.0. The smallest absolute Gasteiger partial charge is 0.252 e. The van der Waals surface area contributed by atoms with Crippen LogP contribution in [0.2, 0.25) is 0 Å². The highest BCUT2D eigenvalue weighted by atomic mass is 15.2. The molecule has 10 heteroatoms. The van der Waals surface area contributed by atoms with Crippen molar-refractivity contribution in [2.45, 2.75) is 209 Å². The molecule has 0 radical (unpaired) electrons. The van der Waals surface area contributed by atoms with Crippen LogP contribution in [0.25, 0.3) is 140 Å². The summed E-state index contributed by atoms with van der Waals surface area (Å²) in [6.45, 7) is 55.8. The molecule has 0 bridgehead atoms. The van der Waals surface area contributed by atoms with E-state index in [0.29, 0.717) is 34.9 Å². The average Bonchev–Trinajstić information content (AvgIpc) is 0.795. The normalized spacial score (nSPS) is 13.2. The summed E-state index contributed by atoms with van der Waals surface area (Å²) in [5, 5.41) is 2.42. The Balaban J connectivity index is 1.03. The van der Waals surface area contributed by atoms with Gasteiger partial charge in [0.25, 0.3) is 6.71 Å². The first kappa shape index (κ1) is 91.5. The summed E-state index contributed by atoms with van der Waals surface area (Å²) in [5.41, 5.74) is 34.0. The lowest BCUT2D eigenvalue weighted by molar-refractivity contribution is 0.568. The van der Waals surface area contributed by atoms with E-state index in [9.17, 15) is 0 Å². The highest BCUT2D eigenvalue weighted by Gasteiger charge is 2.47. The van der Waals surface area contributed by atoms with Gasteiger partial charge in [-0.15, -0.1) is 0 Å². The molecule has 0 spiro atoms. The highest BCUT2D eigenvalue weighted by Crippen LogP contribution is 2.57. The Kier molecular flexibility index (Phi) is 22.5. The minimum atomic E-state index is -0.448. The first-order chi connectivity index (χ1) is 65.4. The third kappa shape index (κ3) is 17.2. The van der Waals surface area contributed by atoms with Gasteiger partial charge in [-0.2, -0.15) is 0 Å². The number of nitrogens with zero attached hydrogens (tertiary/aromatic N) is 9. The van der Waals surface area contributed by atoms with Crippen LogP contribution in [0.4, 0.5) is 34.1 Å². The maximum Gasteiger partial charge on any atom is 0.252 e. The second-order valence-electron chi connectivity index (χ2n) is 46.6. The fraction of sp³-hybridized carbons (Fsp3) is 0.250. The van der Waals surface area contributed by atoms with E-state index in [4.69, 9.17) is 29.9 Å². The van der Waals surface area contributed by atoms with Crippen LogP contribution in [0.3, 0.4) is 0 Å². The van der Waals surface area contributed by atoms with Gasteiger partial charge in [0.05, 0.1) is 22.4 Å². The Morgan fingerprint density at radius 1 is 0.196 bits per heavy atom. The maximum absolute atomic E-state index is 5.92. The topological polar surface area (TPSA) is 88.8 Å². The molecule has 5 heterocycles. The zero-order valence-electron chi connectivity index (χ0n) is 84.8. The average molecular weight is 1800 g/mol. The second-order valence-corrected chi connectivity index (χ2v) is 46.6. The summed E-state index contributed by atoms with van der Waals surface area (Å²) in [5.74, 6) is 3.35. The Morgan fingerprint density at radius 3 is 0.790 bits per heavy atom. The maximum atomic E-state index is 5.92. The van der Waals surface area contributed by atoms with Gasteiger partial charge in [0.2, 0.25) is 0 Å². The van der Waals surface area contributed by atoms with Crippen molar-refractivity contribution in [3.63, 3.8) is 0 Å². The fourth-order valence-electron chi connectivity index (χ4n) is 20.0. The van der Waals surface area contributed by atoms with E-state index in [-0.39, 0.29) is 32.5 Å². The molecule has 0 amide bonds. The molecule has 686 valence electrons. The van der Waals surface area contributed by atoms with Crippen LogP contribution in [-0.4, -0.2) is 41.2 Å². The van der Waals surface area contributed by atoms with Crippen molar-refractivity contribution in [2.75, 3.05) is 9.80 Å². The van der Waals surface area contributed by atoms with Crippen LogP contribution in [0, 0.1) is 0 Å². The lowest BCUT2D eigenvalue weighted by atomic mass is 9.33. The summed E-state index contributed by atoms with van der Waals surface area (Å²) in [6.07, 6.45) is 0. The molecule has 0 aliphatic carbocycles. The van der Waals surface area contributed by atoms with Crippen LogP contribution in [-0.2, 0) is 43.3 Å². The Morgan fingerprint density at radius 2 is 0.464 bits per heavy atom. The standard InChI is InChI=1S/C128H126BN9/c1-121(2,3)89-56-61-106-100(72-89)101-73-90(122(4,5)6)57-62-107(101)136(106)97-58-60-105-109(78-97)138(114-99(80-45-33-26-34-46-80)75-96(128(22,23)24)77-103(114)120-134-117(83-51-39-29-40-52-83)131-118(135-120)84-53-41-30-42-54-84)111-69-88(87-65-93(125(13,14)15)71-94(66-87)126(16,17)18)68-110-112(111)129(105)104-59-55-85(86-63-91(123(7,8)9)70-92(64-86)124(10,11)12)67-108(104)137(110)113-98(79-43-31-25-32-44-79)74-95(127(19,20)21)76-102(113)119-132-115(81-47-35-27-36-48-81)130-116(133-119)82-49-37-28-38-50-82/h25-78H,1-24H3. The van der Waals surface area contributed by atoms with E-state index in [1.165, 1.54) is 44.2 Å². The zero-order valence-corrected chi connectivity index (χ0v) is 84.8. The van der Waals surface area contributed by atoms with Crippen molar-refractivity contribution in [2.24, 2.45) is 0 Å². The molecule has 15 aromatic carbocycles. The van der Waals surface area contributed by atoms with Gasteiger partial charge in [-0.25, -0.2) is 29.9 Å². The highest BCUT2D eigenvalue weighted by molar-refractivity contribution is 7.00. The van der Waals surface area contributed by atoms with Crippen molar-refractivity contribution in [3.05, 3.63) is 372 Å². The van der Waals surface area contributed by atoms with Gasteiger partial charge in [-0.05, 0) is 216 Å². The SMILES string of the molecule is CC(C)(C)c1cc(-c2ccc3c(c2)N(c2c(-c4ccccc4)cc(C(C)(C)C)cc2-c2nc(-c4ccccc4)nc(-c4ccccc4)n2)c2cc(-c4cc(C(C)(C)C)cc(C(C)(C)C)c4)cc4c2B3c2ccc(-n3c5ccc(C(C)(C)C)cc5c5cc(C(C)(C)C)ccc53)cc2N4c2c(-c3ccccc3)cc(C(C)(C)C)cc2-c2nc(-c3ccccc3)nc(-c3ccccc3)n2)cc(C(C)(C)C)c1. The Hall–Kier alpha value is -14.2.